The number of carbonyl (C=O) groups is 1. The van der Waals surface area contributed by atoms with Gasteiger partial charge in [0.15, 0.2) is 0 Å². The average molecular weight is 253 g/mol. The molecule has 2 heterocycles. The summed E-state index contributed by atoms with van der Waals surface area (Å²) in [4.78, 5) is 16.3. The predicted molar refractivity (Wildman–Crippen MR) is 69.6 cm³/mol. The van der Waals surface area contributed by atoms with Crippen molar-refractivity contribution in [3.05, 3.63) is 16.1 Å². The Kier molecular flexibility index (Phi) is 4.12. The van der Waals surface area contributed by atoms with E-state index in [9.17, 15) is 4.79 Å². The van der Waals surface area contributed by atoms with Gasteiger partial charge in [0.25, 0.3) is 5.91 Å². The summed E-state index contributed by atoms with van der Waals surface area (Å²) in [7, 11) is 0. The molecule has 1 aromatic rings. The van der Waals surface area contributed by atoms with Crippen LogP contribution in [0.15, 0.2) is 5.38 Å². The fraction of sp³-hybridized carbons (Fsp3) is 0.667. The van der Waals surface area contributed by atoms with Crippen molar-refractivity contribution in [1.82, 2.24) is 15.6 Å². The van der Waals surface area contributed by atoms with Gasteiger partial charge in [0, 0.05) is 23.9 Å². The first-order valence-electron chi connectivity index (χ1n) is 6.14. The number of carbonyl (C=O) groups excluding carboxylic acids is 1. The summed E-state index contributed by atoms with van der Waals surface area (Å²) in [5.74, 6) is 0.347. The highest BCUT2D eigenvalue weighted by molar-refractivity contribution is 7.09. The van der Waals surface area contributed by atoms with Crippen molar-refractivity contribution in [2.24, 2.45) is 0 Å². The minimum Gasteiger partial charge on any atom is -0.347 e. The Morgan fingerprint density at radius 1 is 1.65 bits per heavy atom. The van der Waals surface area contributed by atoms with E-state index < -0.39 is 0 Å². The maximum absolute atomic E-state index is 12.0. The third-order valence-corrected chi connectivity index (χ3v) is 4.03. The predicted octanol–water partition coefficient (Wildman–Crippen LogP) is 1.75. The van der Waals surface area contributed by atoms with Gasteiger partial charge in [-0.3, -0.25) is 4.79 Å². The molecule has 0 saturated carbocycles. The Hall–Kier alpha value is -0.940. The number of hydrogen-bond donors (Lipinski definition) is 2. The first-order valence-corrected chi connectivity index (χ1v) is 7.02. The van der Waals surface area contributed by atoms with E-state index in [-0.39, 0.29) is 11.9 Å². The largest absolute Gasteiger partial charge is 0.347 e. The molecule has 1 aromatic heterocycles. The molecule has 1 fully saturated rings. The summed E-state index contributed by atoms with van der Waals surface area (Å²) in [6.45, 7) is 6.10. The zero-order chi connectivity index (χ0) is 12.3. The number of rotatable bonds is 3. The second kappa shape index (κ2) is 5.60. The maximum atomic E-state index is 12.0. The summed E-state index contributed by atoms with van der Waals surface area (Å²) in [6, 6.07) is 0.250. The fourth-order valence-corrected chi connectivity index (χ4v) is 2.71. The van der Waals surface area contributed by atoms with E-state index in [1.165, 1.54) is 0 Å². The number of amides is 1. The molecule has 0 unspecified atom stereocenters. The summed E-state index contributed by atoms with van der Waals surface area (Å²) in [6.07, 6.45) is 2.18. The molecule has 1 aliphatic rings. The number of thiazole rings is 1. The van der Waals surface area contributed by atoms with Crippen molar-refractivity contribution in [2.45, 2.75) is 38.6 Å². The number of nitrogens with one attached hydrogen (secondary N) is 2. The van der Waals surface area contributed by atoms with Gasteiger partial charge in [-0.05, 0) is 19.4 Å². The van der Waals surface area contributed by atoms with Crippen molar-refractivity contribution in [1.29, 1.82) is 0 Å². The lowest BCUT2D eigenvalue weighted by Gasteiger charge is -2.23. The Balaban J connectivity index is 1.94. The molecular formula is C12H19N3OS. The van der Waals surface area contributed by atoms with E-state index in [0.29, 0.717) is 11.6 Å². The van der Waals surface area contributed by atoms with Crippen LogP contribution in [0.25, 0.3) is 0 Å². The van der Waals surface area contributed by atoms with Crippen LogP contribution in [0.1, 0.15) is 48.1 Å². The second-order valence-corrected chi connectivity index (χ2v) is 5.63. The number of hydrogen-bond acceptors (Lipinski definition) is 4. The molecule has 17 heavy (non-hydrogen) atoms. The zero-order valence-electron chi connectivity index (χ0n) is 10.3. The quantitative estimate of drug-likeness (QED) is 0.863. The van der Waals surface area contributed by atoms with E-state index in [4.69, 9.17) is 0 Å². The molecule has 1 saturated heterocycles. The molecule has 0 bridgehead atoms. The Morgan fingerprint density at radius 3 is 3.06 bits per heavy atom. The highest BCUT2D eigenvalue weighted by Gasteiger charge is 2.18. The van der Waals surface area contributed by atoms with E-state index >= 15 is 0 Å². The molecule has 0 aromatic carbocycles. The molecule has 0 spiro atoms. The summed E-state index contributed by atoms with van der Waals surface area (Å²) >= 11 is 1.56. The van der Waals surface area contributed by atoms with Gasteiger partial charge in [-0.2, -0.15) is 0 Å². The van der Waals surface area contributed by atoms with Gasteiger partial charge in [0.05, 0.1) is 5.01 Å². The number of piperidine rings is 1. The molecule has 2 N–H and O–H groups in total. The third kappa shape index (κ3) is 3.26. The summed E-state index contributed by atoms with van der Waals surface area (Å²) < 4.78 is 0. The van der Waals surface area contributed by atoms with Gasteiger partial charge in [0.1, 0.15) is 5.69 Å². The summed E-state index contributed by atoms with van der Waals surface area (Å²) in [5.41, 5.74) is 0.560. The smallest absolute Gasteiger partial charge is 0.271 e. The molecule has 1 atom stereocenters. The Labute approximate surface area is 106 Å². The Bertz CT molecular complexity index is 383. The molecule has 5 heteroatoms. The summed E-state index contributed by atoms with van der Waals surface area (Å²) in [5, 5.41) is 9.19. The fourth-order valence-electron chi connectivity index (χ4n) is 1.89. The van der Waals surface area contributed by atoms with Gasteiger partial charge in [-0.1, -0.05) is 13.8 Å². The van der Waals surface area contributed by atoms with Crippen LogP contribution in [-0.4, -0.2) is 30.0 Å². The van der Waals surface area contributed by atoms with Crippen LogP contribution < -0.4 is 10.6 Å². The van der Waals surface area contributed by atoms with Crippen LogP contribution in [0, 0.1) is 0 Å². The lowest BCUT2D eigenvalue weighted by atomic mass is 10.1. The third-order valence-electron chi connectivity index (χ3n) is 2.88. The first-order chi connectivity index (χ1) is 8.16. The minimum atomic E-state index is -0.0400. The standard InChI is InChI=1S/C12H19N3OS/c1-8(2)12-15-10(7-17-12)11(16)14-9-4-3-5-13-6-9/h7-9,13H,3-6H2,1-2H3,(H,14,16)/t9-/m0/s1. The highest BCUT2D eigenvalue weighted by atomic mass is 32.1. The first kappa shape index (κ1) is 12.5. The zero-order valence-corrected chi connectivity index (χ0v) is 11.1. The lowest BCUT2D eigenvalue weighted by Crippen LogP contribution is -2.45. The molecule has 2 rings (SSSR count). The van der Waals surface area contributed by atoms with Crippen molar-refractivity contribution in [3.8, 4) is 0 Å². The maximum Gasteiger partial charge on any atom is 0.271 e. The van der Waals surface area contributed by atoms with Crippen LogP contribution in [-0.2, 0) is 0 Å². The van der Waals surface area contributed by atoms with E-state index in [0.717, 1.165) is 30.9 Å². The molecule has 0 aliphatic carbocycles. The van der Waals surface area contributed by atoms with Crippen LogP contribution in [0.5, 0.6) is 0 Å². The molecule has 4 nitrogen and oxygen atoms in total. The molecular weight excluding hydrogens is 234 g/mol. The van der Waals surface area contributed by atoms with E-state index in [2.05, 4.69) is 29.5 Å². The topological polar surface area (TPSA) is 54.0 Å². The van der Waals surface area contributed by atoms with Crippen molar-refractivity contribution in [3.63, 3.8) is 0 Å². The molecule has 1 amide bonds. The van der Waals surface area contributed by atoms with Crippen molar-refractivity contribution >= 4 is 17.2 Å². The van der Waals surface area contributed by atoms with Gasteiger partial charge >= 0.3 is 0 Å². The van der Waals surface area contributed by atoms with Gasteiger partial charge in [-0.25, -0.2) is 4.98 Å². The number of aromatic nitrogens is 1. The number of nitrogens with zero attached hydrogens (tertiary/aromatic N) is 1. The molecule has 1 aliphatic heterocycles. The van der Waals surface area contributed by atoms with Crippen LogP contribution in [0.4, 0.5) is 0 Å². The second-order valence-electron chi connectivity index (χ2n) is 4.74. The van der Waals surface area contributed by atoms with Crippen LogP contribution in [0.2, 0.25) is 0 Å². The average Bonchev–Trinajstić information content (AvgIpc) is 2.79. The monoisotopic (exact) mass is 253 g/mol. The lowest BCUT2D eigenvalue weighted by molar-refractivity contribution is 0.0926. The van der Waals surface area contributed by atoms with E-state index in [1.807, 2.05) is 5.38 Å². The van der Waals surface area contributed by atoms with Gasteiger partial charge in [-0.15, -0.1) is 11.3 Å². The normalized spacial score (nSPS) is 20.5. The Morgan fingerprint density at radius 2 is 2.47 bits per heavy atom. The van der Waals surface area contributed by atoms with E-state index in [1.54, 1.807) is 11.3 Å². The van der Waals surface area contributed by atoms with Crippen LogP contribution in [0.3, 0.4) is 0 Å². The minimum absolute atomic E-state index is 0.0400. The highest BCUT2D eigenvalue weighted by Crippen LogP contribution is 2.19. The SMILES string of the molecule is CC(C)c1nc(C(=O)N[C@H]2CCCNC2)cs1. The van der Waals surface area contributed by atoms with Crippen molar-refractivity contribution < 1.29 is 4.79 Å². The molecule has 0 radical (unpaired) electrons. The molecule has 94 valence electrons. The van der Waals surface area contributed by atoms with Crippen molar-refractivity contribution in [2.75, 3.05) is 13.1 Å². The van der Waals surface area contributed by atoms with Gasteiger partial charge in [0.2, 0.25) is 0 Å². The van der Waals surface area contributed by atoms with Crippen LogP contribution >= 0.6 is 11.3 Å². The van der Waals surface area contributed by atoms with Gasteiger partial charge < -0.3 is 10.6 Å².